The molecule has 0 bridgehead atoms. The number of aromatic nitrogens is 2. The molecule has 0 aliphatic carbocycles. The van der Waals surface area contributed by atoms with E-state index in [1.54, 1.807) is 24.1 Å². The quantitative estimate of drug-likeness (QED) is 0.601. The summed E-state index contributed by atoms with van der Waals surface area (Å²) in [5.74, 6) is -3.96. The molecule has 0 fully saturated rings. The largest absolute Gasteiger partial charge is 0.319 e. The van der Waals surface area contributed by atoms with Crippen LogP contribution in [0.25, 0.3) is 0 Å². The van der Waals surface area contributed by atoms with Gasteiger partial charge in [-0.05, 0) is 18.5 Å². The number of hydrogen-bond acceptors (Lipinski definition) is 2. The zero-order valence-electron chi connectivity index (χ0n) is 8.76. The highest BCUT2D eigenvalue weighted by Crippen LogP contribution is 2.21. The third-order valence-electron chi connectivity index (χ3n) is 2.03. The average Bonchev–Trinajstić information content (AvgIpc) is 2.59. The summed E-state index contributed by atoms with van der Waals surface area (Å²) in [5.41, 5.74) is 0.871. The molecule has 0 atom stereocenters. The number of alkyl halides is 4. The molecule has 92 valence electrons. The van der Waals surface area contributed by atoms with Crippen molar-refractivity contribution in [3.05, 3.63) is 18.0 Å². The van der Waals surface area contributed by atoms with E-state index in [-0.39, 0.29) is 6.54 Å². The Balaban J connectivity index is 2.22. The van der Waals surface area contributed by atoms with Gasteiger partial charge in [-0.2, -0.15) is 13.9 Å². The number of rotatable bonds is 6. The second-order valence-electron chi connectivity index (χ2n) is 3.51. The molecule has 0 spiro atoms. The molecule has 3 nitrogen and oxygen atoms in total. The topological polar surface area (TPSA) is 29.9 Å². The third kappa shape index (κ3) is 3.80. The van der Waals surface area contributed by atoms with Gasteiger partial charge in [-0.15, -0.1) is 0 Å². The fraction of sp³-hybridized carbons (Fsp3) is 0.667. The monoisotopic (exact) mass is 239 g/mol. The summed E-state index contributed by atoms with van der Waals surface area (Å²) in [7, 11) is 1.74. The lowest BCUT2D eigenvalue weighted by Crippen LogP contribution is -2.39. The van der Waals surface area contributed by atoms with Crippen LogP contribution in [0.3, 0.4) is 0 Å². The van der Waals surface area contributed by atoms with Crippen molar-refractivity contribution in [1.82, 2.24) is 15.1 Å². The summed E-state index contributed by atoms with van der Waals surface area (Å²) in [6.07, 6.45) is 0.200. The van der Waals surface area contributed by atoms with Gasteiger partial charge in [0.05, 0.1) is 12.7 Å². The minimum atomic E-state index is -3.96. The van der Waals surface area contributed by atoms with Gasteiger partial charge < -0.3 is 5.32 Å². The molecule has 1 rings (SSSR count). The van der Waals surface area contributed by atoms with E-state index in [1.807, 2.05) is 0 Å². The van der Waals surface area contributed by atoms with Crippen LogP contribution < -0.4 is 5.32 Å². The van der Waals surface area contributed by atoms with Crippen LogP contribution in [0.2, 0.25) is 0 Å². The first kappa shape index (κ1) is 13.0. The van der Waals surface area contributed by atoms with Crippen LogP contribution in [0.15, 0.2) is 12.4 Å². The molecule has 1 N–H and O–H groups in total. The molecule has 0 aliphatic heterocycles. The van der Waals surface area contributed by atoms with Crippen LogP contribution in [0, 0.1) is 0 Å². The summed E-state index contributed by atoms with van der Waals surface area (Å²) in [4.78, 5) is 0. The highest BCUT2D eigenvalue weighted by molar-refractivity contribution is 5.03. The first-order valence-corrected chi connectivity index (χ1v) is 4.76. The Morgan fingerprint density at radius 2 is 2.19 bits per heavy atom. The standard InChI is InChI=1S/C9H13F4N3/c1-16-5-7(4-15-16)2-3-14-6-9(12,13)8(10)11/h4-5,8,14H,2-3,6H2,1H3. The minimum Gasteiger partial charge on any atom is -0.311 e. The Bertz CT molecular complexity index is 324. The zero-order chi connectivity index (χ0) is 12.2. The van der Waals surface area contributed by atoms with Gasteiger partial charge in [-0.25, -0.2) is 8.78 Å². The number of nitrogens with zero attached hydrogens (tertiary/aromatic N) is 2. The molecule has 0 aromatic carbocycles. The summed E-state index contributed by atoms with van der Waals surface area (Å²) in [6, 6.07) is 0. The maximum atomic E-state index is 12.4. The maximum absolute atomic E-state index is 12.4. The van der Waals surface area contributed by atoms with E-state index < -0.39 is 18.9 Å². The molecule has 0 radical (unpaired) electrons. The van der Waals surface area contributed by atoms with E-state index in [1.165, 1.54) is 0 Å². The summed E-state index contributed by atoms with van der Waals surface area (Å²) < 4.78 is 50.0. The molecule has 0 unspecified atom stereocenters. The van der Waals surface area contributed by atoms with Crippen molar-refractivity contribution < 1.29 is 17.6 Å². The number of hydrogen-bond donors (Lipinski definition) is 1. The average molecular weight is 239 g/mol. The predicted molar refractivity (Wildman–Crippen MR) is 50.7 cm³/mol. The highest BCUT2D eigenvalue weighted by atomic mass is 19.3. The second kappa shape index (κ2) is 5.29. The van der Waals surface area contributed by atoms with E-state index in [0.717, 1.165) is 5.56 Å². The fourth-order valence-corrected chi connectivity index (χ4v) is 1.17. The van der Waals surface area contributed by atoms with Crippen molar-refractivity contribution in [2.75, 3.05) is 13.1 Å². The molecule has 0 saturated heterocycles. The Labute approximate surface area is 90.4 Å². The molecular formula is C9H13F4N3. The maximum Gasteiger partial charge on any atom is 0.319 e. The second-order valence-corrected chi connectivity index (χ2v) is 3.51. The molecule has 0 amide bonds. The van der Waals surface area contributed by atoms with Crippen LogP contribution in [0.4, 0.5) is 17.6 Å². The SMILES string of the molecule is Cn1cc(CCNCC(F)(F)C(F)F)cn1. The number of nitrogens with one attached hydrogen (secondary N) is 1. The van der Waals surface area contributed by atoms with Gasteiger partial charge >= 0.3 is 12.3 Å². The van der Waals surface area contributed by atoms with Gasteiger partial charge in [-0.3, -0.25) is 4.68 Å². The molecule has 1 aromatic heterocycles. The van der Waals surface area contributed by atoms with Gasteiger partial charge in [0.2, 0.25) is 0 Å². The van der Waals surface area contributed by atoms with E-state index in [4.69, 9.17) is 0 Å². The summed E-state index contributed by atoms with van der Waals surface area (Å²) in [5, 5.41) is 6.19. The van der Waals surface area contributed by atoms with Crippen molar-refractivity contribution in [3.8, 4) is 0 Å². The molecule has 0 aliphatic rings. The Kier molecular flexibility index (Phi) is 4.28. The van der Waals surface area contributed by atoms with E-state index in [2.05, 4.69) is 10.4 Å². The Hall–Kier alpha value is -1.11. The summed E-state index contributed by atoms with van der Waals surface area (Å²) in [6.45, 7) is -0.793. The van der Waals surface area contributed by atoms with Crippen LogP contribution in [-0.4, -0.2) is 35.2 Å². The lowest BCUT2D eigenvalue weighted by Gasteiger charge is -2.15. The fourth-order valence-electron chi connectivity index (χ4n) is 1.17. The number of aryl methyl sites for hydroxylation is 1. The molecule has 0 saturated carbocycles. The third-order valence-corrected chi connectivity index (χ3v) is 2.03. The van der Waals surface area contributed by atoms with Crippen LogP contribution >= 0.6 is 0 Å². The van der Waals surface area contributed by atoms with Crippen molar-refractivity contribution in [2.45, 2.75) is 18.8 Å². The van der Waals surface area contributed by atoms with Crippen molar-refractivity contribution in [2.24, 2.45) is 7.05 Å². The molecular weight excluding hydrogens is 226 g/mol. The van der Waals surface area contributed by atoms with Crippen molar-refractivity contribution in [1.29, 1.82) is 0 Å². The van der Waals surface area contributed by atoms with Gasteiger partial charge in [0.1, 0.15) is 0 Å². The molecule has 7 heteroatoms. The van der Waals surface area contributed by atoms with Gasteiger partial charge in [0.15, 0.2) is 0 Å². The lowest BCUT2D eigenvalue weighted by molar-refractivity contribution is -0.125. The zero-order valence-corrected chi connectivity index (χ0v) is 8.76. The van der Waals surface area contributed by atoms with Gasteiger partial charge in [0.25, 0.3) is 0 Å². The van der Waals surface area contributed by atoms with Gasteiger partial charge in [0, 0.05) is 13.2 Å². The van der Waals surface area contributed by atoms with Crippen molar-refractivity contribution in [3.63, 3.8) is 0 Å². The first-order valence-electron chi connectivity index (χ1n) is 4.76. The van der Waals surface area contributed by atoms with Crippen LogP contribution in [0.5, 0.6) is 0 Å². The van der Waals surface area contributed by atoms with Gasteiger partial charge in [-0.1, -0.05) is 0 Å². The molecule has 1 aromatic rings. The van der Waals surface area contributed by atoms with Crippen LogP contribution in [-0.2, 0) is 13.5 Å². The van der Waals surface area contributed by atoms with E-state index >= 15 is 0 Å². The summed E-state index contributed by atoms with van der Waals surface area (Å²) >= 11 is 0. The van der Waals surface area contributed by atoms with Crippen LogP contribution in [0.1, 0.15) is 5.56 Å². The molecule has 1 heterocycles. The Morgan fingerprint density at radius 3 is 2.69 bits per heavy atom. The number of halogens is 4. The predicted octanol–water partition coefficient (Wildman–Crippen LogP) is 1.45. The molecule has 16 heavy (non-hydrogen) atoms. The Morgan fingerprint density at radius 1 is 1.50 bits per heavy atom. The minimum absolute atomic E-state index is 0.216. The smallest absolute Gasteiger partial charge is 0.311 e. The lowest BCUT2D eigenvalue weighted by atomic mass is 10.2. The van der Waals surface area contributed by atoms with E-state index in [0.29, 0.717) is 6.42 Å². The van der Waals surface area contributed by atoms with E-state index in [9.17, 15) is 17.6 Å². The highest BCUT2D eigenvalue weighted by Gasteiger charge is 2.39. The first-order chi connectivity index (χ1) is 7.42. The van der Waals surface area contributed by atoms with Crippen molar-refractivity contribution >= 4 is 0 Å². The normalized spacial score (nSPS) is 12.4.